The first kappa shape index (κ1) is 13.6. The van der Waals surface area contributed by atoms with Crippen LogP contribution in [0.15, 0.2) is 36.4 Å². The van der Waals surface area contributed by atoms with E-state index in [4.69, 9.17) is 9.47 Å². The molecule has 114 valence electrons. The highest BCUT2D eigenvalue weighted by atomic mass is 16.5. The molecule has 0 amide bonds. The van der Waals surface area contributed by atoms with Gasteiger partial charge in [0.05, 0.1) is 13.7 Å². The normalized spacial score (nSPS) is 20.2. The number of hydrogen-bond donors (Lipinski definition) is 0. The third-order valence-electron chi connectivity index (χ3n) is 4.79. The minimum Gasteiger partial charge on any atom is -0.497 e. The minimum absolute atomic E-state index is 0.368. The summed E-state index contributed by atoms with van der Waals surface area (Å²) in [5.41, 5.74) is 5.49. The molecular weight excluding hydrogens is 274 g/mol. The monoisotopic (exact) mass is 295 g/mol. The number of fused-ring (bicyclic) bond motifs is 3. The van der Waals surface area contributed by atoms with Crippen LogP contribution in [0.3, 0.4) is 0 Å². The van der Waals surface area contributed by atoms with Gasteiger partial charge in [0.1, 0.15) is 11.5 Å². The maximum absolute atomic E-state index is 5.99. The average Bonchev–Trinajstić information content (AvgIpc) is 3.02. The summed E-state index contributed by atoms with van der Waals surface area (Å²) in [5.74, 6) is 2.42. The largest absolute Gasteiger partial charge is 0.497 e. The van der Waals surface area contributed by atoms with Crippen molar-refractivity contribution < 1.29 is 9.47 Å². The van der Waals surface area contributed by atoms with Crippen LogP contribution in [-0.2, 0) is 13.0 Å². The van der Waals surface area contributed by atoms with Gasteiger partial charge in [-0.05, 0) is 35.9 Å². The van der Waals surface area contributed by atoms with Crippen LogP contribution in [0.4, 0.5) is 0 Å². The first-order valence-corrected chi connectivity index (χ1v) is 7.86. The van der Waals surface area contributed by atoms with Gasteiger partial charge < -0.3 is 14.4 Å². The van der Waals surface area contributed by atoms with Crippen molar-refractivity contribution in [3.63, 3.8) is 0 Å². The second kappa shape index (κ2) is 5.33. The lowest BCUT2D eigenvalue weighted by Crippen LogP contribution is -2.31. The highest BCUT2D eigenvalue weighted by Gasteiger charge is 2.31. The summed E-state index contributed by atoms with van der Waals surface area (Å²) in [4.78, 5) is 2.39. The number of ether oxygens (including phenoxy) is 2. The topological polar surface area (TPSA) is 21.7 Å². The zero-order chi connectivity index (χ0) is 15.1. The van der Waals surface area contributed by atoms with Gasteiger partial charge in [-0.3, -0.25) is 0 Å². The highest BCUT2D eigenvalue weighted by molar-refractivity contribution is 5.54. The van der Waals surface area contributed by atoms with Crippen molar-refractivity contribution in [1.82, 2.24) is 4.90 Å². The van der Waals surface area contributed by atoms with E-state index in [1.165, 1.54) is 22.3 Å². The molecule has 0 spiro atoms. The predicted octanol–water partition coefficient (Wildman–Crippen LogP) is 3.21. The number of rotatable bonds is 2. The lowest BCUT2D eigenvalue weighted by molar-refractivity contribution is 0.286. The van der Waals surface area contributed by atoms with Gasteiger partial charge in [0, 0.05) is 31.0 Å². The van der Waals surface area contributed by atoms with Gasteiger partial charge in [0.25, 0.3) is 0 Å². The van der Waals surface area contributed by atoms with Gasteiger partial charge >= 0.3 is 0 Å². The second-order valence-corrected chi connectivity index (χ2v) is 6.25. The van der Waals surface area contributed by atoms with E-state index in [9.17, 15) is 0 Å². The van der Waals surface area contributed by atoms with E-state index in [2.05, 4.69) is 36.2 Å². The van der Waals surface area contributed by atoms with Gasteiger partial charge in [0.2, 0.25) is 0 Å². The van der Waals surface area contributed by atoms with Gasteiger partial charge in [-0.1, -0.05) is 24.3 Å². The van der Waals surface area contributed by atoms with Crippen molar-refractivity contribution >= 4 is 0 Å². The molecule has 22 heavy (non-hydrogen) atoms. The van der Waals surface area contributed by atoms with Crippen molar-refractivity contribution in [3.8, 4) is 11.5 Å². The molecule has 2 aliphatic rings. The zero-order valence-electron chi connectivity index (χ0n) is 13.1. The Balaban J connectivity index is 1.82. The minimum atomic E-state index is 0.368. The summed E-state index contributed by atoms with van der Waals surface area (Å²) < 4.78 is 11.3. The van der Waals surface area contributed by atoms with Crippen molar-refractivity contribution in [3.05, 3.63) is 58.7 Å². The maximum Gasteiger partial charge on any atom is 0.126 e. The highest BCUT2D eigenvalue weighted by Crippen LogP contribution is 2.43. The summed E-state index contributed by atoms with van der Waals surface area (Å²) in [6, 6.07) is 13.0. The third-order valence-corrected chi connectivity index (χ3v) is 4.79. The van der Waals surface area contributed by atoms with E-state index in [0.717, 1.165) is 37.6 Å². The molecule has 0 radical (unpaired) electrons. The molecule has 3 heteroatoms. The molecule has 2 aliphatic heterocycles. The predicted molar refractivity (Wildman–Crippen MR) is 86.8 cm³/mol. The van der Waals surface area contributed by atoms with Crippen LogP contribution in [0.2, 0.25) is 0 Å². The Morgan fingerprint density at radius 1 is 1.09 bits per heavy atom. The number of benzene rings is 2. The molecule has 4 rings (SSSR count). The summed E-state index contributed by atoms with van der Waals surface area (Å²) in [5, 5.41) is 0. The smallest absolute Gasteiger partial charge is 0.126 e. The molecule has 2 heterocycles. The summed E-state index contributed by atoms with van der Waals surface area (Å²) in [6.07, 6.45) is 1.04. The van der Waals surface area contributed by atoms with Crippen LogP contribution >= 0.6 is 0 Å². The molecule has 1 atom stereocenters. The fourth-order valence-electron chi connectivity index (χ4n) is 3.70. The molecule has 0 aromatic heterocycles. The molecule has 0 saturated heterocycles. The van der Waals surface area contributed by atoms with Gasteiger partial charge in [-0.15, -0.1) is 0 Å². The van der Waals surface area contributed by atoms with E-state index < -0.39 is 0 Å². The fraction of sp³-hybridized carbons (Fsp3) is 0.368. The average molecular weight is 295 g/mol. The van der Waals surface area contributed by atoms with E-state index >= 15 is 0 Å². The molecule has 3 nitrogen and oxygen atoms in total. The maximum atomic E-state index is 5.99. The van der Waals surface area contributed by atoms with E-state index in [1.54, 1.807) is 7.11 Å². The Morgan fingerprint density at radius 3 is 2.64 bits per heavy atom. The standard InChI is InChI=1S/C19H21NO2/c1-20-11-15-4-3-14-9-10-22-19(14)18(15)17(12-20)13-5-7-16(21-2)8-6-13/h3-8,17H,9-12H2,1-2H3. The second-order valence-electron chi connectivity index (χ2n) is 6.25. The van der Waals surface area contributed by atoms with Crippen molar-refractivity contribution in [2.24, 2.45) is 0 Å². The van der Waals surface area contributed by atoms with E-state index in [-0.39, 0.29) is 0 Å². The lowest BCUT2D eigenvalue weighted by Gasteiger charge is -2.33. The van der Waals surface area contributed by atoms with Gasteiger partial charge in [-0.25, -0.2) is 0 Å². The zero-order valence-corrected chi connectivity index (χ0v) is 13.1. The first-order chi connectivity index (χ1) is 10.8. The van der Waals surface area contributed by atoms with E-state index in [0.29, 0.717) is 5.92 Å². The van der Waals surface area contributed by atoms with Crippen LogP contribution in [0.25, 0.3) is 0 Å². The van der Waals surface area contributed by atoms with Crippen LogP contribution in [-0.4, -0.2) is 32.2 Å². The van der Waals surface area contributed by atoms with Crippen LogP contribution in [0.5, 0.6) is 11.5 Å². The Hall–Kier alpha value is -2.00. The quantitative estimate of drug-likeness (QED) is 0.849. The number of likely N-dealkylation sites (N-methyl/N-ethyl adjacent to an activating group) is 1. The van der Waals surface area contributed by atoms with Crippen molar-refractivity contribution in [2.75, 3.05) is 27.3 Å². The Kier molecular flexibility index (Phi) is 3.30. The molecule has 2 aromatic rings. The summed E-state index contributed by atoms with van der Waals surface area (Å²) in [6.45, 7) is 2.84. The Bertz CT molecular complexity index is 693. The first-order valence-electron chi connectivity index (χ1n) is 7.86. The SMILES string of the molecule is COc1ccc(C2CN(C)Cc3ccc4c(c32)OCC4)cc1. The molecule has 1 unspecified atom stereocenters. The Labute approximate surface area is 131 Å². The van der Waals surface area contributed by atoms with Crippen molar-refractivity contribution in [2.45, 2.75) is 18.9 Å². The van der Waals surface area contributed by atoms with E-state index in [1.807, 2.05) is 12.1 Å². The molecular formula is C19H21NO2. The van der Waals surface area contributed by atoms with Crippen molar-refractivity contribution in [1.29, 1.82) is 0 Å². The molecule has 0 saturated carbocycles. The molecule has 2 aromatic carbocycles. The third kappa shape index (κ3) is 2.17. The number of methoxy groups -OCH3 is 1. The van der Waals surface area contributed by atoms with Crippen LogP contribution in [0.1, 0.15) is 28.2 Å². The number of hydrogen-bond acceptors (Lipinski definition) is 3. The summed E-state index contributed by atoms with van der Waals surface area (Å²) in [7, 11) is 3.90. The van der Waals surface area contributed by atoms with Crippen LogP contribution < -0.4 is 9.47 Å². The fourth-order valence-corrected chi connectivity index (χ4v) is 3.70. The summed E-state index contributed by atoms with van der Waals surface area (Å²) >= 11 is 0. The van der Waals surface area contributed by atoms with Crippen LogP contribution in [0, 0.1) is 0 Å². The number of nitrogens with zero attached hydrogens (tertiary/aromatic N) is 1. The molecule has 0 bridgehead atoms. The lowest BCUT2D eigenvalue weighted by atomic mass is 9.83. The molecule has 0 N–H and O–H groups in total. The molecule has 0 aliphatic carbocycles. The molecule has 0 fully saturated rings. The van der Waals surface area contributed by atoms with Gasteiger partial charge in [0.15, 0.2) is 0 Å². The Morgan fingerprint density at radius 2 is 1.86 bits per heavy atom. The van der Waals surface area contributed by atoms with Gasteiger partial charge in [-0.2, -0.15) is 0 Å².